The van der Waals surface area contributed by atoms with Gasteiger partial charge in [-0.3, -0.25) is 9.89 Å². The normalized spacial score (nSPS) is 11.0. The van der Waals surface area contributed by atoms with Crippen LogP contribution < -0.4 is 5.32 Å². The number of hydrogen-bond acceptors (Lipinski definition) is 2. The summed E-state index contributed by atoms with van der Waals surface area (Å²) in [5.41, 5.74) is 3.03. The van der Waals surface area contributed by atoms with E-state index in [0.717, 1.165) is 24.1 Å². The van der Waals surface area contributed by atoms with Crippen LogP contribution in [0.4, 0.5) is 4.39 Å². The lowest BCUT2D eigenvalue weighted by atomic mass is 10.1. The number of benzene rings is 1. The molecule has 0 fully saturated rings. The summed E-state index contributed by atoms with van der Waals surface area (Å²) in [5.74, 6) is -0.436. The van der Waals surface area contributed by atoms with Crippen molar-refractivity contribution in [2.45, 2.75) is 19.8 Å². The van der Waals surface area contributed by atoms with E-state index >= 15 is 0 Å². The minimum atomic E-state index is -0.286. The van der Waals surface area contributed by atoms with Crippen molar-refractivity contribution < 1.29 is 9.18 Å². The molecule has 1 aromatic carbocycles. The van der Waals surface area contributed by atoms with E-state index < -0.39 is 0 Å². The van der Waals surface area contributed by atoms with Crippen molar-refractivity contribution in [1.82, 2.24) is 15.5 Å². The van der Waals surface area contributed by atoms with Gasteiger partial charge >= 0.3 is 0 Å². The Labute approximate surface area is 123 Å². The third-order valence-electron chi connectivity index (χ3n) is 3.15. The number of aromatic nitrogens is 2. The molecular weight excluding hydrogens is 269 g/mol. The van der Waals surface area contributed by atoms with E-state index in [1.165, 1.54) is 23.8 Å². The van der Waals surface area contributed by atoms with Crippen LogP contribution in [-0.2, 0) is 11.2 Å². The van der Waals surface area contributed by atoms with Gasteiger partial charge in [0.15, 0.2) is 0 Å². The Balaban J connectivity index is 1.70. The summed E-state index contributed by atoms with van der Waals surface area (Å²) in [6.07, 6.45) is 6.66. The van der Waals surface area contributed by atoms with Gasteiger partial charge in [0, 0.05) is 18.3 Å². The molecule has 2 rings (SSSR count). The van der Waals surface area contributed by atoms with E-state index in [1.54, 1.807) is 18.2 Å². The molecule has 0 aliphatic heterocycles. The molecule has 2 N–H and O–H groups in total. The van der Waals surface area contributed by atoms with Gasteiger partial charge in [0.2, 0.25) is 5.91 Å². The van der Waals surface area contributed by atoms with Crippen molar-refractivity contribution in [3.63, 3.8) is 0 Å². The summed E-state index contributed by atoms with van der Waals surface area (Å²) in [5, 5.41) is 9.66. The van der Waals surface area contributed by atoms with Crippen molar-refractivity contribution in [3.8, 4) is 0 Å². The molecule has 1 aromatic heterocycles. The number of rotatable bonds is 6. The number of aryl methyl sites for hydroxylation is 2. The fourth-order valence-electron chi connectivity index (χ4n) is 1.92. The topological polar surface area (TPSA) is 57.8 Å². The van der Waals surface area contributed by atoms with Gasteiger partial charge in [0.25, 0.3) is 0 Å². The molecular formula is C16H18FN3O. The van der Waals surface area contributed by atoms with Crippen molar-refractivity contribution in [1.29, 1.82) is 0 Å². The first-order valence-electron chi connectivity index (χ1n) is 6.85. The maximum Gasteiger partial charge on any atom is 0.243 e. The van der Waals surface area contributed by atoms with E-state index in [4.69, 9.17) is 0 Å². The number of carbonyl (C=O) groups is 1. The van der Waals surface area contributed by atoms with Crippen LogP contribution in [0.1, 0.15) is 23.2 Å². The van der Waals surface area contributed by atoms with E-state index in [-0.39, 0.29) is 11.7 Å². The molecule has 0 spiro atoms. The molecule has 2 aromatic rings. The lowest BCUT2D eigenvalue weighted by Gasteiger charge is -2.02. The molecule has 1 heterocycles. The molecule has 0 atom stereocenters. The summed E-state index contributed by atoms with van der Waals surface area (Å²) < 4.78 is 12.7. The van der Waals surface area contributed by atoms with Gasteiger partial charge in [0.1, 0.15) is 5.82 Å². The summed E-state index contributed by atoms with van der Waals surface area (Å²) in [6.45, 7) is 2.59. The SMILES string of the molecule is Cc1[nH]ncc1CCCNC(=O)C=Cc1ccc(F)cc1. The first-order valence-corrected chi connectivity index (χ1v) is 6.85. The number of halogens is 1. The molecule has 21 heavy (non-hydrogen) atoms. The number of nitrogens with one attached hydrogen (secondary N) is 2. The van der Waals surface area contributed by atoms with Gasteiger partial charge in [-0.25, -0.2) is 4.39 Å². The predicted molar refractivity (Wildman–Crippen MR) is 80.1 cm³/mol. The van der Waals surface area contributed by atoms with Crippen molar-refractivity contribution in [2.75, 3.05) is 6.54 Å². The standard InChI is InChI=1S/C16H18FN3O/c1-12-14(11-19-20-12)3-2-10-18-16(21)9-6-13-4-7-15(17)8-5-13/h4-9,11H,2-3,10H2,1H3,(H,18,21)(H,19,20). The Bertz CT molecular complexity index is 617. The third kappa shape index (κ3) is 4.87. The number of H-pyrrole nitrogens is 1. The summed E-state index contributed by atoms with van der Waals surface area (Å²) in [4.78, 5) is 11.6. The lowest BCUT2D eigenvalue weighted by Crippen LogP contribution is -2.22. The van der Waals surface area contributed by atoms with Crippen LogP contribution >= 0.6 is 0 Å². The molecule has 0 bridgehead atoms. The van der Waals surface area contributed by atoms with Gasteiger partial charge < -0.3 is 5.32 Å². The Morgan fingerprint density at radius 3 is 2.81 bits per heavy atom. The number of hydrogen-bond donors (Lipinski definition) is 2. The minimum absolute atomic E-state index is 0.150. The Morgan fingerprint density at radius 1 is 1.38 bits per heavy atom. The van der Waals surface area contributed by atoms with Gasteiger partial charge in [-0.1, -0.05) is 12.1 Å². The highest BCUT2D eigenvalue weighted by atomic mass is 19.1. The van der Waals surface area contributed by atoms with Crippen LogP contribution in [0.5, 0.6) is 0 Å². The van der Waals surface area contributed by atoms with Crippen LogP contribution in [0, 0.1) is 12.7 Å². The second-order valence-electron chi connectivity index (χ2n) is 4.80. The highest BCUT2D eigenvalue weighted by Gasteiger charge is 2.00. The smallest absolute Gasteiger partial charge is 0.243 e. The van der Waals surface area contributed by atoms with Gasteiger partial charge in [-0.05, 0) is 49.1 Å². The first-order chi connectivity index (χ1) is 10.1. The molecule has 0 aliphatic carbocycles. The molecule has 0 saturated heterocycles. The van der Waals surface area contributed by atoms with Crippen molar-refractivity contribution in [2.24, 2.45) is 0 Å². The molecule has 1 amide bonds. The van der Waals surface area contributed by atoms with Gasteiger partial charge in [-0.15, -0.1) is 0 Å². The highest BCUT2D eigenvalue weighted by Crippen LogP contribution is 2.05. The quantitative estimate of drug-likeness (QED) is 0.634. The lowest BCUT2D eigenvalue weighted by molar-refractivity contribution is -0.116. The Kier molecular flexibility index (Phi) is 5.26. The van der Waals surface area contributed by atoms with Crippen molar-refractivity contribution in [3.05, 3.63) is 59.2 Å². The molecule has 4 nitrogen and oxygen atoms in total. The zero-order chi connectivity index (χ0) is 15.1. The summed E-state index contributed by atoms with van der Waals surface area (Å²) in [7, 11) is 0. The number of amides is 1. The first kappa shape index (κ1) is 15.0. The third-order valence-corrected chi connectivity index (χ3v) is 3.15. The average Bonchev–Trinajstić information content (AvgIpc) is 2.88. The average molecular weight is 287 g/mol. The van der Waals surface area contributed by atoms with Crippen LogP contribution in [0.2, 0.25) is 0 Å². The van der Waals surface area contributed by atoms with Crippen molar-refractivity contribution >= 4 is 12.0 Å². The Hall–Kier alpha value is -2.43. The van der Waals surface area contributed by atoms with Crippen LogP contribution in [0.3, 0.4) is 0 Å². The van der Waals surface area contributed by atoms with Gasteiger partial charge in [-0.2, -0.15) is 5.10 Å². The zero-order valence-corrected chi connectivity index (χ0v) is 11.9. The fraction of sp³-hybridized carbons (Fsp3) is 0.250. The van der Waals surface area contributed by atoms with E-state index in [9.17, 15) is 9.18 Å². The van der Waals surface area contributed by atoms with Gasteiger partial charge in [0.05, 0.1) is 6.20 Å². The van der Waals surface area contributed by atoms with E-state index in [1.807, 2.05) is 13.1 Å². The molecule has 0 saturated carbocycles. The number of aromatic amines is 1. The summed E-state index contributed by atoms with van der Waals surface area (Å²) >= 11 is 0. The predicted octanol–water partition coefficient (Wildman–Crippen LogP) is 2.62. The number of nitrogens with zero attached hydrogens (tertiary/aromatic N) is 1. The van der Waals surface area contributed by atoms with Crippen LogP contribution in [0.15, 0.2) is 36.5 Å². The van der Waals surface area contributed by atoms with E-state index in [2.05, 4.69) is 15.5 Å². The second kappa shape index (κ2) is 7.38. The highest BCUT2D eigenvalue weighted by molar-refractivity contribution is 5.91. The largest absolute Gasteiger partial charge is 0.353 e. The maximum absolute atomic E-state index is 12.7. The second-order valence-corrected chi connectivity index (χ2v) is 4.80. The molecule has 0 aliphatic rings. The number of carbonyl (C=O) groups excluding carboxylic acids is 1. The molecule has 0 unspecified atom stereocenters. The molecule has 5 heteroatoms. The summed E-state index contributed by atoms with van der Waals surface area (Å²) in [6, 6.07) is 5.98. The van der Waals surface area contributed by atoms with E-state index in [0.29, 0.717) is 6.54 Å². The molecule has 0 radical (unpaired) electrons. The molecule has 110 valence electrons. The maximum atomic E-state index is 12.7. The van der Waals surface area contributed by atoms with Crippen LogP contribution in [0.25, 0.3) is 6.08 Å². The fourth-order valence-corrected chi connectivity index (χ4v) is 1.92. The zero-order valence-electron chi connectivity index (χ0n) is 11.9. The Morgan fingerprint density at radius 2 is 2.14 bits per heavy atom. The monoisotopic (exact) mass is 287 g/mol. The van der Waals surface area contributed by atoms with Crippen LogP contribution in [-0.4, -0.2) is 22.6 Å². The minimum Gasteiger partial charge on any atom is -0.353 e.